The van der Waals surface area contributed by atoms with Crippen LogP contribution < -0.4 is 5.32 Å². The number of likely N-dealkylation sites (N-methyl/N-ethyl adjacent to an activating group) is 2. The van der Waals surface area contributed by atoms with Gasteiger partial charge >= 0.3 is 0 Å². The van der Waals surface area contributed by atoms with Gasteiger partial charge in [-0.3, -0.25) is 9.59 Å². The number of carbonyl (C=O) groups is 2. The SMILES string of the molecule is CNCCN(C)C(=O)C1Cc2ccccc2CN1C(=O)CC(C)C. The van der Waals surface area contributed by atoms with E-state index in [0.717, 1.165) is 12.1 Å². The van der Waals surface area contributed by atoms with Crippen molar-refractivity contribution in [3.63, 3.8) is 0 Å². The van der Waals surface area contributed by atoms with E-state index in [2.05, 4.69) is 17.4 Å². The molecular formula is C19H29N3O2. The van der Waals surface area contributed by atoms with Crippen LogP contribution in [0.3, 0.4) is 0 Å². The smallest absolute Gasteiger partial charge is 0.245 e. The fourth-order valence-corrected chi connectivity index (χ4v) is 3.12. The molecule has 1 aliphatic rings. The highest BCUT2D eigenvalue weighted by atomic mass is 16.2. The van der Waals surface area contributed by atoms with Crippen molar-refractivity contribution in [2.75, 3.05) is 27.2 Å². The first kappa shape index (κ1) is 18.5. The van der Waals surface area contributed by atoms with Crippen LogP contribution in [-0.4, -0.2) is 54.8 Å². The standard InChI is InChI=1S/C19H29N3O2/c1-14(2)11-18(23)22-13-16-8-6-5-7-15(16)12-17(22)19(24)21(4)10-9-20-3/h5-8,14,17,20H,9-13H2,1-4H3. The van der Waals surface area contributed by atoms with Crippen LogP contribution in [0.5, 0.6) is 0 Å². The predicted octanol–water partition coefficient (Wildman–Crippen LogP) is 1.66. The zero-order valence-corrected chi connectivity index (χ0v) is 15.2. The molecule has 1 aromatic carbocycles. The molecule has 0 saturated carbocycles. The van der Waals surface area contributed by atoms with Gasteiger partial charge in [0, 0.05) is 39.5 Å². The summed E-state index contributed by atoms with van der Waals surface area (Å²) in [4.78, 5) is 29.1. The third-order valence-corrected chi connectivity index (χ3v) is 4.51. The highest BCUT2D eigenvalue weighted by molar-refractivity contribution is 5.88. The van der Waals surface area contributed by atoms with Crippen molar-refractivity contribution in [3.8, 4) is 0 Å². The molecule has 1 aromatic rings. The van der Waals surface area contributed by atoms with E-state index in [1.165, 1.54) is 5.56 Å². The molecule has 1 atom stereocenters. The van der Waals surface area contributed by atoms with Crippen LogP contribution in [-0.2, 0) is 22.6 Å². The monoisotopic (exact) mass is 331 g/mol. The summed E-state index contributed by atoms with van der Waals surface area (Å²) < 4.78 is 0. The van der Waals surface area contributed by atoms with Crippen LogP contribution in [0.4, 0.5) is 0 Å². The highest BCUT2D eigenvalue weighted by Gasteiger charge is 2.35. The molecular weight excluding hydrogens is 302 g/mol. The van der Waals surface area contributed by atoms with Crippen LogP contribution in [0.15, 0.2) is 24.3 Å². The Morgan fingerprint density at radius 3 is 2.58 bits per heavy atom. The Kier molecular flexibility index (Phi) is 6.37. The van der Waals surface area contributed by atoms with E-state index in [4.69, 9.17) is 0 Å². The number of carbonyl (C=O) groups excluding carboxylic acids is 2. The Bertz CT molecular complexity index is 586. The topological polar surface area (TPSA) is 52.7 Å². The van der Waals surface area contributed by atoms with Gasteiger partial charge in [-0.25, -0.2) is 0 Å². The summed E-state index contributed by atoms with van der Waals surface area (Å²) in [7, 11) is 3.68. The molecule has 0 radical (unpaired) electrons. The van der Waals surface area contributed by atoms with Crippen LogP contribution in [0.2, 0.25) is 0 Å². The van der Waals surface area contributed by atoms with Crippen LogP contribution >= 0.6 is 0 Å². The number of nitrogens with one attached hydrogen (secondary N) is 1. The molecule has 5 heteroatoms. The summed E-state index contributed by atoms with van der Waals surface area (Å²) in [6.07, 6.45) is 1.08. The van der Waals surface area contributed by atoms with Gasteiger partial charge in [0.15, 0.2) is 0 Å². The Hall–Kier alpha value is -1.88. The van der Waals surface area contributed by atoms with E-state index in [-0.39, 0.29) is 17.7 Å². The average molecular weight is 331 g/mol. The number of benzene rings is 1. The molecule has 2 rings (SSSR count). The first-order valence-electron chi connectivity index (χ1n) is 8.69. The van der Waals surface area contributed by atoms with Gasteiger partial charge in [-0.2, -0.15) is 0 Å². The van der Waals surface area contributed by atoms with Gasteiger partial charge in [0.05, 0.1) is 0 Å². The third-order valence-electron chi connectivity index (χ3n) is 4.51. The summed E-state index contributed by atoms with van der Waals surface area (Å²) in [6.45, 7) is 5.97. The van der Waals surface area contributed by atoms with Gasteiger partial charge in [0.25, 0.3) is 0 Å². The lowest BCUT2D eigenvalue weighted by Gasteiger charge is -2.38. The van der Waals surface area contributed by atoms with Crippen molar-refractivity contribution in [2.24, 2.45) is 5.92 Å². The molecule has 2 amide bonds. The molecule has 0 spiro atoms. The molecule has 24 heavy (non-hydrogen) atoms. The van der Waals surface area contributed by atoms with E-state index in [9.17, 15) is 9.59 Å². The third kappa shape index (κ3) is 4.35. The normalized spacial score (nSPS) is 16.9. The summed E-state index contributed by atoms with van der Waals surface area (Å²) >= 11 is 0. The molecule has 1 heterocycles. The summed E-state index contributed by atoms with van der Waals surface area (Å²) in [5.41, 5.74) is 2.32. The maximum Gasteiger partial charge on any atom is 0.245 e. The van der Waals surface area contributed by atoms with Gasteiger partial charge in [-0.15, -0.1) is 0 Å². The number of nitrogens with zero attached hydrogens (tertiary/aromatic N) is 2. The number of amides is 2. The highest BCUT2D eigenvalue weighted by Crippen LogP contribution is 2.25. The van der Waals surface area contributed by atoms with Crippen molar-refractivity contribution < 1.29 is 9.59 Å². The number of hydrogen-bond acceptors (Lipinski definition) is 3. The van der Waals surface area contributed by atoms with E-state index < -0.39 is 6.04 Å². The Labute approximate surface area is 145 Å². The number of fused-ring (bicyclic) bond motifs is 1. The van der Waals surface area contributed by atoms with Gasteiger partial charge in [0.1, 0.15) is 6.04 Å². The van der Waals surface area contributed by atoms with Gasteiger partial charge in [-0.1, -0.05) is 38.1 Å². The Morgan fingerprint density at radius 2 is 1.96 bits per heavy atom. The van der Waals surface area contributed by atoms with Gasteiger partial charge < -0.3 is 15.1 Å². The lowest BCUT2D eigenvalue weighted by Crippen LogP contribution is -2.53. The average Bonchev–Trinajstić information content (AvgIpc) is 2.57. The van der Waals surface area contributed by atoms with Crippen molar-refractivity contribution >= 4 is 11.8 Å². The zero-order chi connectivity index (χ0) is 17.7. The van der Waals surface area contributed by atoms with E-state index in [1.54, 1.807) is 9.80 Å². The maximum absolute atomic E-state index is 12.9. The summed E-state index contributed by atoms with van der Waals surface area (Å²) in [6, 6.07) is 7.71. The fraction of sp³-hybridized carbons (Fsp3) is 0.579. The first-order chi connectivity index (χ1) is 11.4. The molecule has 0 bridgehead atoms. The maximum atomic E-state index is 12.9. The van der Waals surface area contributed by atoms with Crippen molar-refractivity contribution in [3.05, 3.63) is 35.4 Å². The summed E-state index contributed by atoms with van der Waals surface area (Å²) in [5.74, 6) is 0.379. The van der Waals surface area contributed by atoms with Gasteiger partial charge in [-0.05, 0) is 24.1 Å². The zero-order valence-electron chi connectivity index (χ0n) is 15.2. The molecule has 132 valence electrons. The van der Waals surface area contributed by atoms with Crippen molar-refractivity contribution in [2.45, 2.75) is 39.3 Å². The minimum atomic E-state index is -0.395. The quantitative estimate of drug-likeness (QED) is 0.863. The first-order valence-corrected chi connectivity index (χ1v) is 8.69. The number of rotatable bonds is 6. The van der Waals surface area contributed by atoms with E-state index in [1.807, 2.05) is 40.1 Å². The van der Waals surface area contributed by atoms with Crippen LogP contribution in [0.1, 0.15) is 31.4 Å². The molecule has 0 aromatic heterocycles. The van der Waals surface area contributed by atoms with Gasteiger partial charge in [0.2, 0.25) is 11.8 Å². The molecule has 5 nitrogen and oxygen atoms in total. The second kappa shape index (κ2) is 8.29. The Balaban J connectivity index is 2.23. The Morgan fingerprint density at radius 1 is 1.29 bits per heavy atom. The van der Waals surface area contributed by atoms with E-state index in [0.29, 0.717) is 25.9 Å². The molecule has 0 fully saturated rings. The molecule has 1 N–H and O–H groups in total. The van der Waals surface area contributed by atoms with Crippen molar-refractivity contribution in [1.29, 1.82) is 0 Å². The fourth-order valence-electron chi connectivity index (χ4n) is 3.12. The lowest BCUT2D eigenvalue weighted by atomic mass is 9.92. The molecule has 1 aliphatic heterocycles. The van der Waals surface area contributed by atoms with Crippen molar-refractivity contribution in [1.82, 2.24) is 15.1 Å². The predicted molar refractivity (Wildman–Crippen MR) is 95.5 cm³/mol. The second-order valence-electron chi connectivity index (χ2n) is 6.97. The molecule has 0 saturated heterocycles. The van der Waals surface area contributed by atoms with E-state index >= 15 is 0 Å². The minimum absolute atomic E-state index is 0.0249. The largest absolute Gasteiger partial charge is 0.343 e. The number of hydrogen-bond donors (Lipinski definition) is 1. The molecule has 1 unspecified atom stereocenters. The lowest BCUT2D eigenvalue weighted by molar-refractivity contribution is -0.146. The second-order valence-corrected chi connectivity index (χ2v) is 6.97. The minimum Gasteiger partial charge on any atom is -0.343 e. The molecule has 0 aliphatic carbocycles. The van der Waals surface area contributed by atoms with Crippen LogP contribution in [0.25, 0.3) is 0 Å². The van der Waals surface area contributed by atoms with Crippen LogP contribution in [0, 0.1) is 5.92 Å². The summed E-state index contributed by atoms with van der Waals surface area (Å²) in [5, 5.41) is 3.06.